The highest BCUT2D eigenvalue weighted by Gasteiger charge is 1.96. The Kier molecular flexibility index (Phi) is 5.83. The van der Waals surface area contributed by atoms with Gasteiger partial charge in [0.05, 0.1) is 0 Å². The fourth-order valence-electron chi connectivity index (χ4n) is 0.292. The summed E-state index contributed by atoms with van der Waals surface area (Å²) in [5, 5.41) is 0.568. The first-order chi connectivity index (χ1) is 4.31. The predicted octanol–water partition coefficient (Wildman–Crippen LogP) is 1.56. The third kappa shape index (κ3) is 5.69. The van der Waals surface area contributed by atoms with Crippen molar-refractivity contribution in [3.63, 3.8) is 0 Å². The molecule has 0 fully saturated rings. The molecule has 0 heterocycles. The van der Waals surface area contributed by atoms with Crippen molar-refractivity contribution in [2.75, 3.05) is 5.94 Å². The second-order valence-corrected chi connectivity index (χ2v) is 3.10. The highest BCUT2D eigenvalue weighted by atomic mass is 32.2. The van der Waals surface area contributed by atoms with Crippen LogP contribution in [0.3, 0.4) is 0 Å². The van der Waals surface area contributed by atoms with Crippen molar-refractivity contribution in [3.05, 3.63) is 0 Å². The molecule has 1 atom stereocenters. The van der Waals surface area contributed by atoms with E-state index < -0.39 is 0 Å². The van der Waals surface area contributed by atoms with Crippen LogP contribution in [0.5, 0.6) is 0 Å². The van der Waals surface area contributed by atoms with Crippen molar-refractivity contribution >= 4 is 18.2 Å². The summed E-state index contributed by atoms with van der Waals surface area (Å²) in [5.41, 5.74) is 0. The SMILES string of the molecule is CCC(C)SCO[C]=O. The minimum atomic E-state index is 0.429. The van der Waals surface area contributed by atoms with Gasteiger partial charge in [-0.05, 0) is 6.42 Å². The number of hydrogen-bond donors (Lipinski definition) is 0. The van der Waals surface area contributed by atoms with Crippen molar-refractivity contribution in [3.8, 4) is 0 Å². The first kappa shape index (κ1) is 8.82. The average molecular weight is 147 g/mol. The summed E-state index contributed by atoms with van der Waals surface area (Å²) in [5.74, 6) is 0.429. The summed E-state index contributed by atoms with van der Waals surface area (Å²) in [7, 11) is 0. The zero-order valence-electron chi connectivity index (χ0n) is 5.72. The van der Waals surface area contributed by atoms with E-state index in [9.17, 15) is 4.79 Å². The van der Waals surface area contributed by atoms with E-state index in [0.717, 1.165) is 6.42 Å². The van der Waals surface area contributed by atoms with Gasteiger partial charge in [0.1, 0.15) is 5.94 Å². The molecule has 0 aliphatic carbocycles. The van der Waals surface area contributed by atoms with E-state index in [4.69, 9.17) is 0 Å². The average Bonchev–Trinajstić information content (AvgIpc) is 1.89. The normalized spacial score (nSPS) is 12.7. The molecule has 2 nitrogen and oxygen atoms in total. The lowest BCUT2D eigenvalue weighted by atomic mass is 10.4. The van der Waals surface area contributed by atoms with Gasteiger partial charge in [0.25, 0.3) is 0 Å². The number of hydrogen-bond acceptors (Lipinski definition) is 3. The third-order valence-corrected chi connectivity index (χ3v) is 2.20. The lowest BCUT2D eigenvalue weighted by molar-refractivity contribution is 0.336. The number of carbonyl (C=O) groups excluding carboxylic acids is 1. The molecule has 53 valence electrons. The van der Waals surface area contributed by atoms with E-state index in [1.165, 1.54) is 6.47 Å². The lowest BCUT2D eigenvalue weighted by Gasteiger charge is -2.04. The number of thioether (sulfide) groups is 1. The Balaban J connectivity index is 2.96. The summed E-state index contributed by atoms with van der Waals surface area (Å²) in [6.07, 6.45) is 1.10. The van der Waals surface area contributed by atoms with Crippen LogP contribution in [0.1, 0.15) is 20.3 Å². The van der Waals surface area contributed by atoms with Crippen LogP contribution in [0.2, 0.25) is 0 Å². The topological polar surface area (TPSA) is 26.3 Å². The van der Waals surface area contributed by atoms with E-state index in [-0.39, 0.29) is 0 Å². The van der Waals surface area contributed by atoms with Crippen molar-refractivity contribution in [1.82, 2.24) is 0 Å². The molecule has 0 aromatic carbocycles. The van der Waals surface area contributed by atoms with Gasteiger partial charge in [-0.3, -0.25) is 0 Å². The van der Waals surface area contributed by atoms with Gasteiger partial charge in [0.2, 0.25) is 0 Å². The second-order valence-electron chi connectivity index (χ2n) is 1.73. The van der Waals surface area contributed by atoms with Crippen LogP contribution in [0.25, 0.3) is 0 Å². The molecule has 3 heteroatoms. The smallest absolute Gasteiger partial charge is 0.418 e. The van der Waals surface area contributed by atoms with E-state index in [0.29, 0.717) is 11.2 Å². The Morgan fingerprint density at radius 1 is 1.78 bits per heavy atom. The van der Waals surface area contributed by atoms with Gasteiger partial charge in [0.15, 0.2) is 0 Å². The lowest BCUT2D eigenvalue weighted by Crippen LogP contribution is -1.96. The molecule has 0 spiro atoms. The summed E-state index contributed by atoms with van der Waals surface area (Å²) >= 11 is 1.62. The van der Waals surface area contributed by atoms with Crippen LogP contribution in [0.4, 0.5) is 0 Å². The molecule has 0 aliphatic heterocycles. The fraction of sp³-hybridized carbons (Fsp3) is 0.833. The van der Waals surface area contributed by atoms with E-state index in [1.54, 1.807) is 11.8 Å². The molecular weight excluding hydrogens is 136 g/mol. The second kappa shape index (κ2) is 5.95. The van der Waals surface area contributed by atoms with E-state index in [2.05, 4.69) is 18.6 Å². The third-order valence-electron chi connectivity index (χ3n) is 1.05. The molecular formula is C6H11O2S. The minimum absolute atomic E-state index is 0.429. The maximum atomic E-state index is 9.51. The van der Waals surface area contributed by atoms with Crippen LogP contribution < -0.4 is 0 Å². The quantitative estimate of drug-likeness (QED) is 0.436. The zero-order valence-corrected chi connectivity index (χ0v) is 6.53. The molecule has 1 unspecified atom stereocenters. The highest BCUT2D eigenvalue weighted by molar-refractivity contribution is 7.99. The van der Waals surface area contributed by atoms with Crippen LogP contribution in [0.15, 0.2) is 0 Å². The van der Waals surface area contributed by atoms with Gasteiger partial charge in [-0.15, -0.1) is 11.8 Å². The van der Waals surface area contributed by atoms with Crippen LogP contribution in [0, 0.1) is 0 Å². The Hall–Kier alpha value is -0.180. The molecule has 0 saturated heterocycles. The van der Waals surface area contributed by atoms with Crippen molar-refractivity contribution in [2.24, 2.45) is 0 Å². The molecule has 0 bridgehead atoms. The monoisotopic (exact) mass is 147 g/mol. The van der Waals surface area contributed by atoms with Crippen LogP contribution >= 0.6 is 11.8 Å². The van der Waals surface area contributed by atoms with Crippen LogP contribution in [-0.2, 0) is 9.53 Å². The van der Waals surface area contributed by atoms with Crippen LogP contribution in [-0.4, -0.2) is 17.7 Å². The Morgan fingerprint density at radius 3 is 2.89 bits per heavy atom. The van der Waals surface area contributed by atoms with Crippen molar-refractivity contribution in [1.29, 1.82) is 0 Å². The van der Waals surface area contributed by atoms with Gasteiger partial charge < -0.3 is 4.74 Å². The van der Waals surface area contributed by atoms with Crippen molar-refractivity contribution < 1.29 is 9.53 Å². The van der Waals surface area contributed by atoms with E-state index in [1.807, 2.05) is 0 Å². The molecule has 0 N–H and O–H groups in total. The maximum absolute atomic E-state index is 9.51. The molecule has 0 aromatic rings. The van der Waals surface area contributed by atoms with Gasteiger partial charge >= 0.3 is 6.47 Å². The molecule has 0 rings (SSSR count). The molecule has 1 radical (unpaired) electrons. The Labute approximate surface area is 60.0 Å². The molecule has 0 aromatic heterocycles. The predicted molar refractivity (Wildman–Crippen MR) is 39.0 cm³/mol. The molecule has 0 aliphatic rings. The largest absolute Gasteiger partial charge is 0.446 e. The van der Waals surface area contributed by atoms with Gasteiger partial charge in [-0.1, -0.05) is 13.8 Å². The van der Waals surface area contributed by atoms with E-state index >= 15 is 0 Å². The van der Waals surface area contributed by atoms with Gasteiger partial charge in [-0.2, -0.15) is 0 Å². The first-order valence-corrected chi connectivity index (χ1v) is 3.96. The van der Waals surface area contributed by atoms with Gasteiger partial charge in [-0.25, -0.2) is 4.79 Å². The number of rotatable bonds is 5. The summed E-state index contributed by atoms with van der Waals surface area (Å²) in [4.78, 5) is 9.51. The van der Waals surface area contributed by atoms with Gasteiger partial charge in [0, 0.05) is 5.25 Å². The molecule has 9 heavy (non-hydrogen) atoms. The molecule has 0 saturated carbocycles. The highest BCUT2D eigenvalue weighted by Crippen LogP contribution is 2.12. The van der Waals surface area contributed by atoms with Crippen molar-refractivity contribution in [2.45, 2.75) is 25.5 Å². The fourth-order valence-corrected chi connectivity index (χ4v) is 0.876. The zero-order chi connectivity index (χ0) is 7.11. The standard InChI is InChI=1S/C6H11O2S/c1-3-6(2)9-5-8-4-7/h6H,3,5H2,1-2H3. The minimum Gasteiger partial charge on any atom is -0.446 e. The Morgan fingerprint density at radius 2 is 2.44 bits per heavy atom. The molecule has 0 amide bonds. The number of ether oxygens (including phenoxy) is 1. The summed E-state index contributed by atoms with van der Waals surface area (Å²) < 4.78 is 4.36. The summed E-state index contributed by atoms with van der Waals surface area (Å²) in [6.45, 7) is 5.57. The maximum Gasteiger partial charge on any atom is 0.418 e. The summed E-state index contributed by atoms with van der Waals surface area (Å²) in [6, 6.07) is 0. The Bertz CT molecular complexity index is 75.5. The first-order valence-electron chi connectivity index (χ1n) is 2.91.